The first-order valence-electron chi connectivity index (χ1n) is 6.54. The Kier molecular flexibility index (Phi) is 4.37. The molecule has 0 aliphatic carbocycles. The Morgan fingerprint density at radius 3 is 2.52 bits per heavy atom. The quantitative estimate of drug-likeness (QED) is 0.844. The van der Waals surface area contributed by atoms with Crippen LogP contribution >= 0.6 is 0 Å². The molecule has 0 saturated heterocycles. The molecule has 1 aromatic carbocycles. The van der Waals surface area contributed by atoms with Gasteiger partial charge in [0.2, 0.25) is 0 Å². The van der Waals surface area contributed by atoms with Gasteiger partial charge in [-0.25, -0.2) is 0 Å². The Bertz CT molecular complexity index is 677. The van der Waals surface area contributed by atoms with E-state index >= 15 is 0 Å². The predicted molar refractivity (Wildman–Crippen MR) is 77.6 cm³/mol. The average molecular weight is 287 g/mol. The molecule has 0 bridgehead atoms. The van der Waals surface area contributed by atoms with Crippen molar-refractivity contribution in [1.29, 1.82) is 0 Å². The first-order valence-corrected chi connectivity index (χ1v) is 6.54. The number of rotatable bonds is 3. The number of amides is 2. The zero-order valence-electron chi connectivity index (χ0n) is 12.2. The smallest absolute Gasteiger partial charge is 0.314 e. The van der Waals surface area contributed by atoms with E-state index in [4.69, 9.17) is 4.52 Å². The molecule has 6 heteroatoms. The first kappa shape index (κ1) is 14.8. The Labute approximate surface area is 122 Å². The van der Waals surface area contributed by atoms with Crippen LogP contribution in [0.3, 0.4) is 0 Å². The molecule has 6 nitrogen and oxygen atoms in total. The molecule has 0 aliphatic rings. The fraction of sp³-hybridized carbons (Fsp3) is 0.267. The lowest BCUT2D eigenvalue weighted by Gasteiger charge is -2.08. The Balaban J connectivity index is 1.90. The highest BCUT2D eigenvalue weighted by molar-refractivity contribution is 6.39. The van der Waals surface area contributed by atoms with Gasteiger partial charge in [-0.3, -0.25) is 14.9 Å². The van der Waals surface area contributed by atoms with E-state index in [2.05, 4.69) is 15.8 Å². The highest BCUT2D eigenvalue weighted by Gasteiger charge is 2.15. The van der Waals surface area contributed by atoms with Crippen LogP contribution in [0.15, 0.2) is 28.8 Å². The van der Waals surface area contributed by atoms with Gasteiger partial charge in [0.15, 0.2) is 5.82 Å². The minimum absolute atomic E-state index is 0.221. The summed E-state index contributed by atoms with van der Waals surface area (Å²) in [6.45, 7) is 5.97. The maximum absolute atomic E-state index is 11.7. The van der Waals surface area contributed by atoms with E-state index in [1.54, 1.807) is 6.92 Å². The topological polar surface area (TPSA) is 84.2 Å². The largest absolute Gasteiger partial charge is 0.360 e. The van der Waals surface area contributed by atoms with Gasteiger partial charge < -0.3 is 9.84 Å². The molecule has 0 radical (unpaired) electrons. The summed E-state index contributed by atoms with van der Waals surface area (Å²) < 4.78 is 4.80. The van der Waals surface area contributed by atoms with Crippen LogP contribution in [0.2, 0.25) is 0 Å². The van der Waals surface area contributed by atoms with Crippen molar-refractivity contribution in [2.75, 3.05) is 5.32 Å². The van der Waals surface area contributed by atoms with Crippen molar-refractivity contribution >= 4 is 17.6 Å². The molecule has 0 saturated carbocycles. The third-order valence-electron chi connectivity index (χ3n) is 3.01. The summed E-state index contributed by atoms with van der Waals surface area (Å²) in [4.78, 5) is 23.4. The highest BCUT2D eigenvalue weighted by Crippen LogP contribution is 2.10. The minimum Gasteiger partial charge on any atom is -0.360 e. The number of nitrogens with zero attached hydrogens (tertiary/aromatic N) is 1. The third kappa shape index (κ3) is 3.92. The second-order valence-electron chi connectivity index (χ2n) is 4.89. The van der Waals surface area contributed by atoms with E-state index in [9.17, 15) is 9.59 Å². The number of hydrogen-bond acceptors (Lipinski definition) is 4. The molecule has 0 fully saturated rings. The molecule has 1 heterocycles. The molecule has 2 N–H and O–H groups in total. The zero-order chi connectivity index (χ0) is 15.4. The fourth-order valence-electron chi connectivity index (χ4n) is 1.90. The van der Waals surface area contributed by atoms with Crippen LogP contribution in [-0.2, 0) is 16.1 Å². The Hall–Kier alpha value is -2.63. The summed E-state index contributed by atoms with van der Waals surface area (Å²) in [5.74, 6) is -0.705. The van der Waals surface area contributed by atoms with E-state index in [1.807, 2.05) is 32.0 Å². The number of anilines is 1. The second kappa shape index (κ2) is 6.21. The molecule has 0 unspecified atom stereocenters. The molecule has 0 spiro atoms. The van der Waals surface area contributed by atoms with Gasteiger partial charge in [-0.05, 0) is 31.9 Å². The van der Waals surface area contributed by atoms with Gasteiger partial charge in [0.1, 0.15) is 5.76 Å². The highest BCUT2D eigenvalue weighted by atomic mass is 16.5. The minimum atomic E-state index is -0.770. The normalized spacial score (nSPS) is 10.2. The van der Waals surface area contributed by atoms with E-state index < -0.39 is 11.8 Å². The Morgan fingerprint density at radius 2 is 1.90 bits per heavy atom. The average Bonchev–Trinajstić information content (AvgIpc) is 2.82. The first-order chi connectivity index (χ1) is 9.95. The van der Waals surface area contributed by atoms with Crippen molar-refractivity contribution in [3.8, 4) is 0 Å². The van der Waals surface area contributed by atoms with Crippen LogP contribution in [0, 0.1) is 20.8 Å². The number of aryl methyl sites for hydroxylation is 3. The summed E-state index contributed by atoms with van der Waals surface area (Å²) in [6, 6.07) is 7.46. The molecule has 0 aliphatic heterocycles. The number of carbonyl (C=O) groups excluding carboxylic acids is 2. The third-order valence-corrected chi connectivity index (χ3v) is 3.01. The lowest BCUT2D eigenvalue weighted by molar-refractivity contribution is -0.136. The zero-order valence-corrected chi connectivity index (χ0v) is 12.2. The molecular weight excluding hydrogens is 270 g/mol. The molecule has 1 aromatic heterocycles. The van der Waals surface area contributed by atoms with Crippen molar-refractivity contribution < 1.29 is 14.1 Å². The molecule has 2 amide bonds. The van der Waals surface area contributed by atoms with Gasteiger partial charge in [0.25, 0.3) is 0 Å². The van der Waals surface area contributed by atoms with Crippen LogP contribution in [0.25, 0.3) is 0 Å². The lowest BCUT2D eigenvalue weighted by Crippen LogP contribution is -2.35. The standard InChI is InChI=1S/C15H17N3O3/c1-9-4-5-12(10(2)6-9)8-16-14(19)15(20)17-13-7-11(3)21-18-13/h4-7H,8H2,1-3H3,(H,16,19)(H,17,18,20). The van der Waals surface area contributed by atoms with Gasteiger partial charge >= 0.3 is 11.8 Å². The van der Waals surface area contributed by atoms with Gasteiger partial charge in [-0.2, -0.15) is 0 Å². The molecular formula is C15H17N3O3. The van der Waals surface area contributed by atoms with E-state index in [0.717, 1.165) is 16.7 Å². The predicted octanol–water partition coefficient (Wildman–Crippen LogP) is 1.85. The van der Waals surface area contributed by atoms with Crippen molar-refractivity contribution in [3.63, 3.8) is 0 Å². The van der Waals surface area contributed by atoms with E-state index in [0.29, 0.717) is 12.3 Å². The number of carbonyl (C=O) groups is 2. The summed E-state index contributed by atoms with van der Waals surface area (Å²) in [5.41, 5.74) is 3.20. The van der Waals surface area contributed by atoms with Crippen LogP contribution in [0.4, 0.5) is 5.82 Å². The van der Waals surface area contributed by atoms with Crippen LogP contribution in [0.5, 0.6) is 0 Å². The van der Waals surface area contributed by atoms with Crippen molar-refractivity contribution in [3.05, 3.63) is 46.7 Å². The summed E-state index contributed by atoms with van der Waals surface area (Å²) in [5, 5.41) is 8.54. The van der Waals surface area contributed by atoms with Crippen LogP contribution in [0.1, 0.15) is 22.5 Å². The summed E-state index contributed by atoms with van der Waals surface area (Å²) >= 11 is 0. The maximum atomic E-state index is 11.7. The molecule has 21 heavy (non-hydrogen) atoms. The summed E-state index contributed by atoms with van der Waals surface area (Å²) in [7, 11) is 0. The van der Waals surface area contributed by atoms with E-state index in [1.165, 1.54) is 6.07 Å². The monoisotopic (exact) mass is 287 g/mol. The van der Waals surface area contributed by atoms with Crippen molar-refractivity contribution in [2.45, 2.75) is 27.3 Å². The maximum Gasteiger partial charge on any atom is 0.314 e. The van der Waals surface area contributed by atoms with E-state index in [-0.39, 0.29) is 5.82 Å². The molecule has 0 atom stereocenters. The van der Waals surface area contributed by atoms with Gasteiger partial charge in [0, 0.05) is 12.6 Å². The van der Waals surface area contributed by atoms with Gasteiger partial charge in [-0.15, -0.1) is 0 Å². The SMILES string of the molecule is Cc1ccc(CNC(=O)C(=O)Nc2cc(C)on2)c(C)c1. The number of benzene rings is 1. The lowest BCUT2D eigenvalue weighted by atomic mass is 10.1. The molecule has 2 rings (SSSR count). The Morgan fingerprint density at radius 1 is 1.14 bits per heavy atom. The molecule has 110 valence electrons. The fourth-order valence-corrected chi connectivity index (χ4v) is 1.90. The number of nitrogens with one attached hydrogen (secondary N) is 2. The van der Waals surface area contributed by atoms with Gasteiger partial charge in [-0.1, -0.05) is 28.9 Å². The number of aromatic nitrogens is 1. The number of hydrogen-bond donors (Lipinski definition) is 2. The summed E-state index contributed by atoms with van der Waals surface area (Å²) in [6.07, 6.45) is 0. The van der Waals surface area contributed by atoms with Crippen LogP contribution < -0.4 is 10.6 Å². The van der Waals surface area contributed by atoms with Gasteiger partial charge in [0.05, 0.1) is 0 Å². The van der Waals surface area contributed by atoms with Crippen LogP contribution in [-0.4, -0.2) is 17.0 Å². The second-order valence-corrected chi connectivity index (χ2v) is 4.89. The van der Waals surface area contributed by atoms with Crippen molar-refractivity contribution in [1.82, 2.24) is 10.5 Å². The molecule has 2 aromatic rings. The van der Waals surface area contributed by atoms with Crippen molar-refractivity contribution in [2.24, 2.45) is 0 Å².